The number of nitrogens with zero attached hydrogens (tertiary/aromatic N) is 1. The zero-order valence-electron chi connectivity index (χ0n) is 15.9. The number of hydrogen-bond acceptors (Lipinski definition) is 3. The number of aliphatic hydroxyl groups excluding tert-OH is 1. The van der Waals surface area contributed by atoms with E-state index in [4.69, 9.17) is 0 Å². The molecule has 0 bridgehead atoms. The smallest absolute Gasteiger partial charge is 0.251 e. The molecule has 27 heavy (non-hydrogen) atoms. The van der Waals surface area contributed by atoms with E-state index >= 15 is 0 Å². The lowest BCUT2D eigenvalue weighted by Gasteiger charge is -2.27. The molecule has 0 spiro atoms. The molecule has 1 aromatic rings. The Morgan fingerprint density at radius 2 is 1.96 bits per heavy atom. The quantitative estimate of drug-likeness (QED) is 0.213. The minimum absolute atomic E-state index is 0. The van der Waals surface area contributed by atoms with Crippen LogP contribution in [0.3, 0.4) is 0 Å². The van der Waals surface area contributed by atoms with E-state index in [1.54, 1.807) is 19.1 Å². The predicted molar refractivity (Wildman–Crippen MR) is 116 cm³/mol. The van der Waals surface area contributed by atoms with Crippen molar-refractivity contribution in [2.24, 2.45) is 4.99 Å². The van der Waals surface area contributed by atoms with Crippen molar-refractivity contribution in [3.05, 3.63) is 35.1 Å². The summed E-state index contributed by atoms with van der Waals surface area (Å²) in [5.41, 5.74) is 0.825. The average molecular weight is 492 g/mol. The fourth-order valence-corrected chi connectivity index (χ4v) is 2.91. The van der Waals surface area contributed by atoms with E-state index in [2.05, 4.69) is 20.9 Å². The summed E-state index contributed by atoms with van der Waals surface area (Å²) in [6, 6.07) is 4.76. The molecule has 0 heterocycles. The summed E-state index contributed by atoms with van der Waals surface area (Å²) in [6.07, 6.45) is 3.26. The summed E-state index contributed by atoms with van der Waals surface area (Å²) >= 11 is 0. The van der Waals surface area contributed by atoms with Crippen LogP contribution in [-0.4, -0.2) is 48.8 Å². The molecule has 1 fully saturated rings. The maximum Gasteiger partial charge on any atom is 0.251 e. The van der Waals surface area contributed by atoms with Crippen molar-refractivity contribution < 1.29 is 14.3 Å². The molecule has 0 saturated heterocycles. The van der Waals surface area contributed by atoms with Gasteiger partial charge in [0.2, 0.25) is 0 Å². The van der Waals surface area contributed by atoms with Gasteiger partial charge < -0.3 is 21.1 Å². The molecule has 152 valence electrons. The van der Waals surface area contributed by atoms with E-state index in [9.17, 15) is 14.3 Å². The molecule has 2 rings (SSSR count). The first-order chi connectivity index (χ1) is 12.5. The number of aryl methyl sites for hydroxylation is 1. The van der Waals surface area contributed by atoms with E-state index in [1.807, 2.05) is 6.92 Å². The lowest BCUT2D eigenvalue weighted by atomic mass is 9.93. The van der Waals surface area contributed by atoms with Crippen LogP contribution in [0.2, 0.25) is 0 Å². The van der Waals surface area contributed by atoms with E-state index in [-0.39, 0.29) is 41.8 Å². The molecule has 6 nitrogen and oxygen atoms in total. The minimum atomic E-state index is -0.382. The Labute approximate surface area is 177 Å². The molecule has 0 radical (unpaired) electrons. The molecule has 0 aliphatic heterocycles. The first-order valence-corrected chi connectivity index (χ1v) is 9.27. The molecule has 1 aromatic carbocycles. The van der Waals surface area contributed by atoms with Crippen molar-refractivity contribution in [2.45, 2.75) is 51.7 Å². The van der Waals surface area contributed by atoms with Crippen molar-refractivity contribution in [2.75, 3.05) is 19.6 Å². The number of amides is 1. The third-order valence-electron chi connectivity index (χ3n) is 4.48. The van der Waals surface area contributed by atoms with Gasteiger partial charge in [0, 0.05) is 24.7 Å². The Balaban J connectivity index is 0.00000364. The molecule has 1 amide bonds. The van der Waals surface area contributed by atoms with E-state index in [0.717, 1.165) is 32.2 Å². The second-order valence-electron chi connectivity index (χ2n) is 6.63. The summed E-state index contributed by atoms with van der Waals surface area (Å²) in [7, 11) is 0. The Kier molecular flexibility index (Phi) is 10.6. The Morgan fingerprint density at radius 3 is 2.59 bits per heavy atom. The predicted octanol–water partition coefficient (Wildman–Crippen LogP) is 2.34. The number of aliphatic hydroxyl groups is 1. The summed E-state index contributed by atoms with van der Waals surface area (Å²) in [6.45, 7) is 5.19. The van der Waals surface area contributed by atoms with Crippen LogP contribution >= 0.6 is 24.0 Å². The number of aliphatic imine (C=N–C) groups is 1. The number of guanidine groups is 1. The van der Waals surface area contributed by atoms with Crippen LogP contribution in [0.4, 0.5) is 4.39 Å². The summed E-state index contributed by atoms with van der Waals surface area (Å²) in [5.74, 6) is 0.0229. The van der Waals surface area contributed by atoms with Gasteiger partial charge in [0.05, 0.1) is 12.6 Å². The number of benzene rings is 1. The first-order valence-electron chi connectivity index (χ1n) is 9.27. The van der Waals surface area contributed by atoms with Crippen molar-refractivity contribution in [1.29, 1.82) is 0 Å². The Bertz CT molecular complexity index is 634. The average Bonchev–Trinajstić information content (AvgIpc) is 2.62. The van der Waals surface area contributed by atoms with E-state index in [1.165, 1.54) is 6.07 Å². The molecular formula is C19H30FIN4O2. The number of rotatable bonds is 6. The molecule has 1 aliphatic rings. The van der Waals surface area contributed by atoms with Gasteiger partial charge in [-0.3, -0.25) is 9.79 Å². The zero-order valence-corrected chi connectivity index (χ0v) is 18.3. The van der Waals surface area contributed by atoms with Gasteiger partial charge in [0.1, 0.15) is 5.82 Å². The van der Waals surface area contributed by atoms with Crippen LogP contribution in [0.15, 0.2) is 23.2 Å². The maximum atomic E-state index is 13.5. The van der Waals surface area contributed by atoms with Crippen LogP contribution in [0.1, 0.15) is 48.5 Å². The van der Waals surface area contributed by atoms with Crippen LogP contribution in [0.5, 0.6) is 0 Å². The van der Waals surface area contributed by atoms with Crippen LogP contribution < -0.4 is 16.0 Å². The summed E-state index contributed by atoms with van der Waals surface area (Å²) < 4.78 is 13.5. The molecule has 8 heteroatoms. The highest BCUT2D eigenvalue weighted by Crippen LogP contribution is 2.18. The maximum absolute atomic E-state index is 13.5. The number of hydrogen-bond donors (Lipinski definition) is 4. The molecule has 0 unspecified atom stereocenters. The highest BCUT2D eigenvalue weighted by atomic mass is 127. The monoisotopic (exact) mass is 492 g/mol. The summed E-state index contributed by atoms with van der Waals surface area (Å²) in [5, 5.41) is 18.9. The molecular weight excluding hydrogens is 462 g/mol. The molecule has 1 saturated carbocycles. The van der Waals surface area contributed by atoms with Gasteiger partial charge in [0.25, 0.3) is 5.91 Å². The van der Waals surface area contributed by atoms with Crippen molar-refractivity contribution in [3.63, 3.8) is 0 Å². The van der Waals surface area contributed by atoms with Crippen molar-refractivity contribution in [1.82, 2.24) is 16.0 Å². The Morgan fingerprint density at radius 1 is 1.26 bits per heavy atom. The van der Waals surface area contributed by atoms with Crippen LogP contribution in [0.25, 0.3) is 0 Å². The van der Waals surface area contributed by atoms with Gasteiger partial charge in [-0.05, 0) is 57.2 Å². The third kappa shape index (κ3) is 8.00. The SMILES string of the molecule is CCNC(=NCCNC(=O)c1ccc(C)c(F)c1)NC1CCC(O)CC1.I. The number of carbonyl (C=O) groups excluding carboxylic acids is 1. The van der Waals surface area contributed by atoms with Gasteiger partial charge in [-0.1, -0.05) is 6.07 Å². The molecule has 0 atom stereocenters. The van der Waals surface area contributed by atoms with E-state index in [0.29, 0.717) is 36.2 Å². The largest absolute Gasteiger partial charge is 0.393 e. The molecule has 4 N–H and O–H groups in total. The normalized spacial score (nSPS) is 19.8. The number of halogens is 2. The third-order valence-corrected chi connectivity index (χ3v) is 4.48. The van der Waals surface area contributed by atoms with Crippen LogP contribution in [-0.2, 0) is 0 Å². The Hall–Kier alpha value is -1.42. The van der Waals surface area contributed by atoms with Crippen molar-refractivity contribution in [3.8, 4) is 0 Å². The van der Waals surface area contributed by atoms with Gasteiger partial charge in [-0.2, -0.15) is 0 Å². The minimum Gasteiger partial charge on any atom is -0.393 e. The fourth-order valence-electron chi connectivity index (χ4n) is 2.91. The van der Waals surface area contributed by atoms with Gasteiger partial charge >= 0.3 is 0 Å². The van der Waals surface area contributed by atoms with E-state index < -0.39 is 0 Å². The standard InChI is InChI=1S/C19H29FN4O2.HI/c1-3-21-19(24-15-6-8-16(25)9-7-15)23-11-10-22-18(26)14-5-4-13(2)17(20)12-14;/h4-5,12,15-16,25H,3,6-11H2,1-2H3,(H,22,26)(H2,21,23,24);1H. The lowest BCUT2D eigenvalue weighted by molar-refractivity contribution is 0.0954. The highest BCUT2D eigenvalue weighted by molar-refractivity contribution is 14.0. The van der Waals surface area contributed by atoms with Crippen LogP contribution in [0, 0.1) is 12.7 Å². The lowest BCUT2D eigenvalue weighted by Crippen LogP contribution is -2.45. The first kappa shape index (κ1) is 23.6. The highest BCUT2D eigenvalue weighted by Gasteiger charge is 2.19. The number of carbonyl (C=O) groups is 1. The van der Waals surface area contributed by atoms with Crippen molar-refractivity contribution >= 4 is 35.8 Å². The second-order valence-corrected chi connectivity index (χ2v) is 6.63. The summed E-state index contributed by atoms with van der Waals surface area (Å²) in [4.78, 5) is 16.5. The zero-order chi connectivity index (χ0) is 18.9. The van der Waals surface area contributed by atoms with Gasteiger partial charge in [0.15, 0.2) is 5.96 Å². The molecule has 1 aliphatic carbocycles. The molecule has 0 aromatic heterocycles. The fraction of sp³-hybridized carbons (Fsp3) is 0.579. The van der Waals surface area contributed by atoms with Gasteiger partial charge in [-0.15, -0.1) is 24.0 Å². The second kappa shape index (κ2) is 12.1. The number of nitrogens with one attached hydrogen (secondary N) is 3. The van der Waals surface area contributed by atoms with Gasteiger partial charge in [-0.25, -0.2) is 4.39 Å². The topological polar surface area (TPSA) is 85.8 Å².